The van der Waals surface area contributed by atoms with Crippen LogP contribution in [-0.4, -0.2) is 40.0 Å². The molecule has 0 aliphatic carbocycles. The van der Waals surface area contributed by atoms with E-state index in [1.54, 1.807) is 11.8 Å². The van der Waals surface area contributed by atoms with Crippen molar-refractivity contribution in [1.82, 2.24) is 10.2 Å². The largest absolute Gasteiger partial charge is 0.491 e. The number of thioether (sulfide) groups is 2. The monoisotopic (exact) mass is 330 g/mol. The van der Waals surface area contributed by atoms with Gasteiger partial charge in [0.2, 0.25) is 5.89 Å². The van der Waals surface area contributed by atoms with Crippen molar-refractivity contribution in [2.75, 3.05) is 18.6 Å². The molecule has 0 bridgehead atoms. The van der Waals surface area contributed by atoms with E-state index in [1.807, 2.05) is 6.26 Å². The number of aliphatic hydroxyl groups is 1. The minimum Gasteiger partial charge on any atom is -0.491 e. The van der Waals surface area contributed by atoms with E-state index in [0.717, 1.165) is 0 Å². The van der Waals surface area contributed by atoms with Crippen LogP contribution in [0.5, 0.6) is 5.75 Å². The van der Waals surface area contributed by atoms with Gasteiger partial charge in [-0.3, -0.25) is 0 Å². The summed E-state index contributed by atoms with van der Waals surface area (Å²) in [5.74, 6) is 1.81. The van der Waals surface area contributed by atoms with Gasteiger partial charge in [0.15, 0.2) is 0 Å². The molecule has 21 heavy (non-hydrogen) atoms. The molecule has 0 saturated carbocycles. The lowest BCUT2D eigenvalue weighted by molar-refractivity contribution is 0.126. The predicted octanol–water partition coefficient (Wildman–Crippen LogP) is 2.60. The molecule has 0 aliphatic heterocycles. The Morgan fingerprint density at radius 1 is 1.33 bits per heavy atom. The fraction of sp³-hybridized carbons (Fsp3) is 0.385. The molecule has 0 amide bonds. The molecule has 1 aromatic heterocycles. The van der Waals surface area contributed by atoms with Crippen LogP contribution in [0.3, 0.4) is 0 Å². The number of benzene rings is 1. The highest BCUT2D eigenvalue weighted by molar-refractivity contribution is 7.99. The zero-order chi connectivity index (χ0) is 15.1. The van der Waals surface area contributed by atoms with Gasteiger partial charge < -0.3 is 14.3 Å². The smallest absolute Gasteiger partial charge is 0.276 e. The minimum absolute atomic E-state index is 0.116. The summed E-state index contributed by atoms with van der Waals surface area (Å²) in [6.45, 7) is 0.116. The van der Waals surface area contributed by atoms with Gasteiger partial charge in [0.25, 0.3) is 5.22 Å². The first kappa shape index (κ1) is 16.1. The maximum absolute atomic E-state index is 12.7. The van der Waals surface area contributed by atoms with Crippen molar-refractivity contribution in [3.05, 3.63) is 36.0 Å². The van der Waals surface area contributed by atoms with E-state index < -0.39 is 6.10 Å². The van der Waals surface area contributed by atoms with Gasteiger partial charge >= 0.3 is 0 Å². The Morgan fingerprint density at radius 2 is 2.10 bits per heavy atom. The van der Waals surface area contributed by atoms with Gasteiger partial charge in [0.1, 0.15) is 18.2 Å². The van der Waals surface area contributed by atoms with Gasteiger partial charge in [-0.2, -0.15) is 11.8 Å². The van der Waals surface area contributed by atoms with E-state index >= 15 is 0 Å². The summed E-state index contributed by atoms with van der Waals surface area (Å²) in [6, 6.07) is 5.65. The van der Waals surface area contributed by atoms with E-state index in [2.05, 4.69) is 10.2 Å². The zero-order valence-electron chi connectivity index (χ0n) is 11.4. The van der Waals surface area contributed by atoms with Crippen molar-refractivity contribution in [2.24, 2.45) is 0 Å². The number of rotatable bonds is 8. The van der Waals surface area contributed by atoms with Gasteiger partial charge in [0.05, 0.1) is 11.9 Å². The lowest BCUT2D eigenvalue weighted by Crippen LogP contribution is -2.20. The highest BCUT2D eigenvalue weighted by atomic mass is 32.2. The maximum atomic E-state index is 12.7. The van der Waals surface area contributed by atoms with E-state index in [9.17, 15) is 9.50 Å². The standard InChI is InChI=1S/C13H15FN2O3S2/c1-20-8-12-15-16-13(19-12)21-7-10(17)6-18-11-4-2-9(14)3-5-11/h2-5,10,17H,6-8H2,1H3. The third-order valence-corrected chi connectivity index (χ3v) is 3.87. The average Bonchev–Trinajstić information content (AvgIpc) is 2.93. The molecule has 114 valence electrons. The van der Waals surface area contributed by atoms with Gasteiger partial charge in [0, 0.05) is 5.75 Å². The van der Waals surface area contributed by atoms with Gasteiger partial charge in [-0.1, -0.05) is 11.8 Å². The molecular weight excluding hydrogens is 315 g/mol. The number of ether oxygens (including phenoxy) is 1. The second-order valence-corrected chi connectivity index (χ2v) is 5.96. The average molecular weight is 330 g/mol. The quantitative estimate of drug-likeness (QED) is 0.746. The van der Waals surface area contributed by atoms with Crippen molar-refractivity contribution in [3.63, 3.8) is 0 Å². The zero-order valence-corrected chi connectivity index (χ0v) is 13.0. The molecular formula is C13H15FN2O3S2. The summed E-state index contributed by atoms with van der Waals surface area (Å²) >= 11 is 2.87. The summed E-state index contributed by atoms with van der Waals surface area (Å²) in [5, 5.41) is 18.0. The maximum Gasteiger partial charge on any atom is 0.276 e. The Hall–Kier alpha value is -1.25. The van der Waals surface area contributed by atoms with Crippen molar-refractivity contribution < 1.29 is 18.7 Å². The Balaban J connectivity index is 1.71. The Morgan fingerprint density at radius 3 is 2.81 bits per heavy atom. The Kier molecular flexibility index (Phi) is 6.34. The molecule has 1 heterocycles. The van der Waals surface area contributed by atoms with Crippen LogP contribution in [0, 0.1) is 5.82 Å². The molecule has 0 fully saturated rings. The first-order valence-corrected chi connectivity index (χ1v) is 8.56. The number of halogens is 1. The second kappa shape index (κ2) is 8.26. The SMILES string of the molecule is CSCc1nnc(SCC(O)COc2ccc(F)cc2)o1. The molecule has 1 aromatic carbocycles. The molecule has 2 rings (SSSR count). The first-order valence-electron chi connectivity index (χ1n) is 6.18. The number of aromatic nitrogens is 2. The fourth-order valence-electron chi connectivity index (χ4n) is 1.42. The third kappa shape index (κ3) is 5.56. The normalized spacial score (nSPS) is 12.3. The molecule has 0 saturated heterocycles. The fourth-order valence-corrected chi connectivity index (χ4v) is 2.47. The van der Waals surface area contributed by atoms with Crippen molar-refractivity contribution >= 4 is 23.5 Å². The number of aliphatic hydroxyl groups excluding tert-OH is 1. The van der Waals surface area contributed by atoms with Crippen LogP contribution in [0.15, 0.2) is 33.9 Å². The van der Waals surface area contributed by atoms with Gasteiger partial charge in [-0.05, 0) is 30.5 Å². The molecule has 5 nitrogen and oxygen atoms in total. The van der Waals surface area contributed by atoms with Crippen LogP contribution in [0.25, 0.3) is 0 Å². The van der Waals surface area contributed by atoms with Gasteiger partial charge in [-0.15, -0.1) is 10.2 Å². The Bertz CT molecular complexity index is 551. The van der Waals surface area contributed by atoms with Crippen LogP contribution in [0.2, 0.25) is 0 Å². The van der Waals surface area contributed by atoms with Crippen molar-refractivity contribution in [1.29, 1.82) is 0 Å². The molecule has 1 atom stereocenters. The van der Waals surface area contributed by atoms with Gasteiger partial charge in [-0.25, -0.2) is 4.39 Å². The van der Waals surface area contributed by atoms with E-state index in [1.165, 1.54) is 36.0 Å². The van der Waals surface area contributed by atoms with Crippen LogP contribution >= 0.6 is 23.5 Å². The lowest BCUT2D eigenvalue weighted by Gasteiger charge is -2.10. The van der Waals surface area contributed by atoms with Crippen molar-refractivity contribution in [3.8, 4) is 5.75 Å². The third-order valence-electron chi connectivity index (χ3n) is 2.37. The van der Waals surface area contributed by atoms with Crippen LogP contribution in [0.1, 0.15) is 5.89 Å². The molecule has 2 aromatic rings. The molecule has 1 N–H and O–H groups in total. The lowest BCUT2D eigenvalue weighted by atomic mass is 10.3. The minimum atomic E-state index is -0.684. The molecule has 1 unspecified atom stereocenters. The topological polar surface area (TPSA) is 68.4 Å². The highest BCUT2D eigenvalue weighted by Gasteiger charge is 2.11. The highest BCUT2D eigenvalue weighted by Crippen LogP contribution is 2.19. The molecule has 0 radical (unpaired) electrons. The molecule has 0 aliphatic rings. The van der Waals surface area contributed by atoms with E-state index in [0.29, 0.717) is 28.4 Å². The summed E-state index contributed by atoms with van der Waals surface area (Å²) in [7, 11) is 0. The number of hydrogen-bond acceptors (Lipinski definition) is 7. The summed E-state index contributed by atoms with van der Waals surface area (Å²) in [5.41, 5.74) is 0. The number of hydrogen-bond donors (Lipinski definition) is 1. The van der Waals surface area contributed by atoms with Crippen LogP contribution in [-0.2, 0) is 5.75 Å². The first-order chi connectivity index (χ1) is 10.2. The summed E-state index contributed by atoms with van der Waals surface area (Å²) in [4.78, 5) is 0. The summed E-state index contributed by atoms with van der Waals surface area (Å²) < 4.78 is 23.4. The molecule has 0 spiro atoms. The summed E-state index contributed by atoms with van der Waals surface area (Å²) in [6.07, 6.45) is 1.27. The predicted molar refractivity (Wildman–Crippen MR) is 80.1 cm³/mol. The second-order valence-electron chi connectivity index (χ2n) is 4.12. The Labute approximate surface area is 130 Å². The van der Waals surface area contributed by atoms with Crippen molar-refractivity contribution in [2.45, 2.75) is 17.1 Å². The van der Waals surface area contributed by atoms with E-state index in [4.69, 9.17) is 9.15 Å². The van der Waals surface area contributed by atoms with E-state index in [-0.39, 0.29) is 12.4 Å². The van der Waals surface area contributed by atoms with Crippen LogP contribution < -0.4 is 4.74 Å². The number of nitrogens with zero attached hydrogens (tertiary/aromatic N) is 2. The van der Waals surface area contributed by atoms with Crippen LogP contribution in [0.4, 0.5) is 4.39 Å². The molecule has 8 heteroatoms.